The Labute approximate surface area is 195 Å². The van der Waals surface area contributed by atoms with Crippen molar-refractivity contribution in [2.24, 2.45) is 16.6 Å². The maximum Gasteiger partial charge on any atom is 0.228 e. The third-order valence-electron chi connectivity index (χ3n) is 5.76. The Morgan fingerprint density at radius 1 is 1.15 bits per heavy atom. The van der Waals surface area contributed by atoms with E-state index in [0.717, 1.165) is 59.4 Å². The minimum Gasteiger partial charge on any atom is -0.496 e. The maximum atomic E-state index is 6.46. The second-order valence-electron chi connectivity index (χ2n) is 8.54. The number of rotatable bonds is 6. The second-order valence-corrected chi connectivity index (χ2v) is 8.54. The van der Waals surface area contributed by atoms with Crippen LogP contribution in [0.5, 0.6) is 5.75 Å². The number of fused-ring (bicyclic) bond motifs is 1. The molecule has 4 N–H and O–H groups in total. The molecular formula is C26H32N6O. The van der Waals surface area contributed by atoms with Crippen LogP contribution in [0, 0.1) is 5.92 Å². The summed E-state index contributed by atoms with van der Waals surface area (Å²) in [6, 6.07) is 14.1. The van der Waals surface area contributed by atoms with Gasteiger partial charge in [0.05, 0.1) is 12.6 Å². The van der Waals surface area contributed by atoms with Gasteiger partial charge in [-0.3, -0.25) is 4.99 Å². The first-order chi connectivity index (χ1) is 16.0. The molecule has 1 saturated heterocycles. The molecule has 4 rings (SSSR count). The third-order valence-corrected chi connectivity index (χ3v) is 5.76. The summed E-state index contributed by atoms with van der Waals surface area (Å²) in [6.45, 7) is 6.06. The van der Waals surface area contributed by atoms with E-state index < -0.39 is 0 Å². The number of nitrogens with two attached hydrogens (primary N) is 1. The minimum atomic E-state index is 0.106. The molecule has 0 radical (unpaired) electrons. The van der Waals surface area contributed by atoms with Crippen LogP contribution in [0.25, 0.3) is 22.0 Å². The van der Waals surface area contributed by atoms with Crippen LogP contribution in [0.3, 0.4) is 0 Å². The topological polar surface area (TPSA) is 97.5 Å². The highest BCUT2D eigenvalue weighted by molar-refractivity contribution is 6.04. The van der Waals surface area contributed by atoms with E-state index in [1.807, 2.05) is 62.5 Å². The van der Waals surface area contributed by atoms with Gasteiger partial charge in [0, 0.05) is 40.4 Å². The number of para-hydroxylation sites is 2. The number of amidine groups is 1. The van der Waals surface area contributed by atoms with Crippen LogP contribution in [0.2, 0.25) is 0 Å². The smallest absolute Gasteiger partial charge is 0.228 e. The SMILES string of the molecule is COc1ccccc1-c1cccc2cnc(NC(C=C(N)C3CCNCC3)=NC(C)C)nc12. The van der Waals surface area contributed by atoms with Gasteiger partial charge in [-0.05, 0) is 51.9 Å². The molecular weight excluding hydrogens is 412 g/mol. The van der Waals surface area contributed by atoms with Gasteiger partial charge in [0.1, 0.15) is 11.6 Å². The molecule has 0 bridgehead atoms. The predicted octanol–water partition coefficient (Wildman–Crippen LogP) is 4.37. The zero-order chi connectivity index (χ0) is 23.2. The molecule has 3 aromatic rings. The standard InChI is InChI=1S/C26H32N6O/c1-17(2)30-24(15-22(27)18-11-13-28-14-12-18)31-26-29-16-19-7-6-9-21(25(19)32-26)20-8-4-5-10-23(20)33-3/h4-10,15-18,28H,11-14,27H2,1-3H3,(H,29,30,31,32). The molecule has 7 nitrogen and oxygen atoms in total. The first-order valence-corrected chi connectivity index (χ1v) is 11.5. The molecule has 0 amide bonds. The summed E-state index contributed by atoms with van der Waals surface area (Å²) in [5, 5.41) is 7.64. The number of piperidine rings is 1. The van der Waals surface area contributed by atoms with Gasteiger partial charge >= 0.3 is 0 Å². The summed E-state index contributed by atoms with van der Waals surface area (Å²) in [5.74, 6) is 2.33. The molecule has 0 spiro atoms. The molecule has 0 unspecified atom stereocenters. The first kappa shape index (κ1) is 22.7. The Morgan fingerprint density at radius 2 is 1.91 bits per heavy atom. The molecule has 1 aromatic heterocycles. The van der Waals surface area contributed by atoms with Crippen molar-refractivity contribution in [2.45, 2.75) is 32.7 Å². The predicted molar refractivity (Wildman–Crippen MR) is 136 cm³/mol. The van der Waals surface area contributed by atoms with Crippen molar-refractivity contribution >= 4 is 22.7 Å². The van der Waals surface area contributed by atoms with E-state index in [1.165, 1.54) is 0 Å². The van der Waals surface area contributed by atoms with Crippen molar-refractivity contribution in [1.29, 1.82) is 0 Å². The van der Waals surface area contributed by atoms with Crippen LogP contribution < -0.4 is 21.1 Å². The largest absolute Gasteiger partial charge is 0.496 e. The van der Waals surface area contributed by atoms with Gasteiger partial charge in [0.25, 0.3) is 0 Å². The Balaban J connectivity index is 1.69. The second kappa shape index (κ2) is 10.4. The fourth-order valence-electron chi connectivity index (χ4n) is 4.13. The fourth-order valence-corrected chi connectivity index (χ4v) is 4.13. The van der Waals surface area contributed by atoms with Gasteiger partial charge in [0.2, 0.25) is 5.95 Å². The van der Waals surface area contributed by atoms with E-state index in [-0.39, 0.29) is 6.04 Å². The van der Waals surface area contributed by atoms with E-state index >= 15 is 0 Å². The number of methoxy groups -OCH3 is 1. The van der Waals surface area contributed by atoms with Gasteiger partial charge in [-0.25, -0.2) is 9.97 Å². The van der Waals surface area contributed by atoms with Crippen molar-refractivity contribution in [3.63, 3.8) is 0 Å². The van der Waals surface area contributed by atoms with Crippen molar-refractivity contribution in [1.82, 2.24) is 15.3 Å². The molecule has 1 aliphatic heterocycles. The highest BCUT2D eigenvalue weighted by Crippen LogP contribution is 2.34. The lowest BCUT2D eigenvalue weighted by molar-refractivity contribution is 0.416. The number of nitrogens with zero attached hydrogens (tertiary/aromatic N) is 3. The van der Waals surface area contributed by atoms with Crippen LogP contribution in [-0.4, -0.2) is 42.0 Å². The molecule has 0 saturated carbocycles. The lowest BCUT2D eigenvalue weighted by Gasteiger charge is -2.23. The molecule has 172 valence electrons. The molecule has 2 heterocycles. The van der Waals surface area contributed by atoms with E-state index in [4.69, 9.17) is 20.4 Å². The number of allylic oxidation sites excluding steroid dienone is 1. The van der Waals surface area contributed by atoms with Gasteiger partial charge in [-0.2, -0.15) is 0 Å². The Bertz CT molecular complexity index is 1160. The monoisotopic (exact) mass is 444 g/mol. The number of anilines is 1. The van der Waals surface area contributed by atoms with Crippen LogP contribution in [0.4, 0.5) is 5.95 Å². The van der Waals surface area contributed by atoms with Crippen LogP contribution in [0.15, 0.2) is 65.4 Å². The third kappa shape index (κ3) is 5.49. The van der Waals surface area contributed by atoms with Crippen molar-refractivity contribution in [3.05, 3.63) is 60.4 Å². The molecule has 33 heavy (non-hydrogen) atoms. The summed E-state index contributed by atoms with van der Waals surface area (Å²) < 4.78 is 5.58. The number of hydrogen-bond donors (Lipinski definition) is 3. The molecule has 0 atom stereocenters. The summed E-state index contributed by atoms with van der Waals surface area (Å²) in [4.78, 5) is 14.1. The van der Waals surface area contributed by atoms with Crippen molar-refractivity contribution < 1.29 is 4.74 Å². The number of nitrogens with one attached hydrogen (secondary N) is 2. The highest BCUT2D eigenvalue weighted by atomic mass is 16.5. The lowest BCUT2D eigenvalue weighted by atomic mass is 9.94. The Kier molecular flexibility index (Phi) is 7.19. The number of hydrogen-bond acceptors (Lipinski definition) is 6. The molecule has 2 aromatic carbocycles. The van der Waals surface area contributed by atoms with Crippen LogP contribution >= 0.6 is 0 Å². The fraction of sp³-hybridized carbons (Fsp3) is 0.346. The quantitative estimate of drug-likeness (QED) is 0.386. The number of aromatic nitrogens is 2. The van der Waals surface area contributed by atoms with E-state index in [0.29, 0.717) is 17.7 Å². The summed E-state index contributed by atoms with van der Waals surface area (Å²) in [7, 11) is 1.68. The summed E-state index contributed by atoms with van der Waals surface area (Å²) in [5.41, 5.74) is 10.1. The zero-order valence-electron chi connectivity index (χ0n) is 19.5. The van der Waals surface area contributed by atoms with Crippen molar-refractivity contribution in [3.8, 4) is 16.9 Å². The van der Waals surface area contributed by atoms with Crippen LogP contribution in [-0.2, 0) is 0 Å². The normalized spacial score (nSPS) is 15.8. The number of benzene rings is 2. The first-order valence-electron chi connectivity index (χ1n) is 11.5. The van der Waals surface area contributed by atoms with Gasteiger partial charge in [0.15, 0.2) is 0 Å². The molecule has 7 heteroatoms. The van der Waals surface area contributed by atoms with Gasteiger partial charge in [-0.1, -0.05) is 36.4 Å². The van der Waals surface area contributed by atoms with Crippen molar-refractivity contribution in [2.75, 3.05) is 25.5 Å². The average Bonchev–Trinajstić information content (AvgIpc) is 2.83. The minimum absolute atomic E-state index is 0.106. The zero-order valence-corrected chi connectivity index (χ0v) is 19.5. The number of ether oxygens (including phenoxy) is 1. The Morgan fingerprint density at radius 3 is 2.67 bits per heavy atom. The summed E-state index contributed by atoms with van der Waals surface area (Å²) in [6.07, 6.45) is 5.84. The van der Waals surface area contributed by atoms with Gasteiger partial charge < -0.3 is 21.1 Å². The maximum absolute atomic E-state index is 6.46. The molecule has 1 fully saturated rings. The summed E-state index contributed by atoms with van der Waals surface area (Å²) >= 11 is 0. The molecule has 0 aliphatic carbocycles. The van der Waals surface area contributed by atoms with E-state index in [2.05, 4.69) is 21.7 Å². The van der Waals surface area contributed by atoms with Crippen LogP contribution in [0.1, 0.15) is 26.7 Å². The number of aliphatic imine (C=N–C) groups is 1. The average molecular weight is 445 g/mol. The van der Waals surface area contributed by atoms with Gasteiger partial charge in [-0.15, -0.1) is 0 Å². The van der Waals surface area contributed by atoms with E-state index in [1.54, 1.807) is 7.11 Å². The Hall–Kier alpha value is -3.45. The molecule has 1 aliphatic rings. The lowest BCUT2D eigenvalue weighted by Crippen LogP contribution is -2.31. The van der Waals surface area contributed by atoms with E-state index in [9.17, 15) is 0 Å². The highest BCUT2D eigenvalue weighted by Gasteiger charge is 2.17.